The van der Waals surface area contributed by atoms with Crippen molar-refractivity contribution in [2.45, 2.75) is 25.9 Å². The topological polar surface area (TPSA) is 79.1 Å². The van der Waals surface area contributed by atoms with E-state index in [4.69, 9.17) is 4.74 Å². The Hall–Kier alpha value is -2.64. The predicted octanol–water partition coefficient (Wildman–Crippen LogP) is 3.50. The SMILES string of the molecule is COc1ccc(CN2CCC(c3cc(C)c(O)c([N+](=O)[O-])c3)N(C)CC2)cc1. The normalized spacial score (nSPS) is 18.6. The number of nitro groups is 1. The molecule has 0 aromatic heterocycles. The van der Waals surface area contributed by atoms with E-state index in [1.807, 2.05) is 18.2 Å². The summed E-state index contributed by atoms with van der Waals surface area (Å²) in [5, 5.41) is 21.3. The number of benzene rings is 2. The van der Waals surface area contributed by atoms with Crippen LogP contribution in [-0.2, 0) is 6.54 Å². The first-order valence-corrected chi connectivity index (χ1v) is 9.42. The molecular weight excluding hydrogens is 358 g/mol. The zero-order valence-electron chi connectivity index (χ0n) is 16.6. The van der Waals surface area contributed by atoms with Crippen molar-refractivity contribution in [1.82, 2.24) is 9.80 Å². The van der Waals surface area contributed by atoms with Gasteiger partial charge in [-0.3, -0.25) is 19.9 Å². The maximum atomic E-state index is 11.3. The Bertz CT molecular complexity index is 838. The number of phenolic OH excluding ortho intramolecular Hbond substituents is 1. The van der Waals surface area contributed by atoms with Crippen molar-refractivity contribution >= 4 is 5.69 Å². The van der Waals surface area contributed by atoms with Crippen molar-refractivity contribution in [1.29, 1.82) is 0 Å². The van der Waals surface area contributed by atoms with Gasteiger partial charge in [-0.15, -0.1) is 0 Å². The van der Waals surface area contributed by atoms with E-state index in [0.29, 0.717) is 5.56 Å². The third kappa shape index (κ3) is 4.43. The number of nitro benzene ring substituents is 1. The zero-order valence-corrected chi connectivity index (χ0v) is 16.6. The molecule has 1 aliphatic rings. The quantitative estimate of drug-likeness (QED) is 0.627. The molecule has 1 saturated heterocycles. The second kappa shape index (κ2) is 8.58. The summed E-state index contributed by atoms with van der Waals surface area (Å²) in [6, 6.07) is 11.6. The van der Waals surface area contributed by atoms with E-state index in [1.54, 1.807) is 14.0 Å². The van der Waals surface area contributed by atoms with E-state index in [1.165, 1.54) is 11.6 Å². The highest BCUT2D eigenvalue weighted by Crippen LogP contribution is 2.36. The van der Waals surface area contributed by atoms with Gasteiger partial charge in [-0.2, -0.15) is 0 Å². The minimum absolute atomic E-state index is 0.0823. The molecule has 0 spiro atoms. The molecule has 2 aromatic rings. The smallest absolute Gasteiger partial charge is 0.311 e. The number of ether oxygens (including phenoxy) is 1. The van der Waals surface area contributed by atoms with Gasteiger partial charge in [0.2, 0.25) is 0 Å². The Kier molecular flexibility index (Phi) is 6.16. The lowest BCUT2D eigenvalue weighted by atomic mass is 9.99. The van der Waals surface area contributed by atoms with E-state index in [0.717, 1.165) is 43.9 Å². The van der Waals surface area contributed by atoms with Gasteiger partial charge in [0.05, 0.1) is 12.0 Å². The number of nitrogens with zero attached hydrogens (tertiary/aromatic N) is 3. The standard InChI is InChI=1S/C21H27N3O4/c1-15-12-17(13-20(21(15)25)24(26)27)19-8-9-23(11-10-22(19)2)14-16-4-6-18(28-3)7-5-16/h4-7,12-13,19,25H,8-11,14H2,1-3H3. The molecule has 0 bridgehead atoms. The van der Waals surface area contributed by atoms with Crippen LogP contribution in [0, 0.1) is 17.0 Å². The van der Waals surface area contributed by atoms with Crippen LogP contribution in [0.1, 0.15) is 29.2 Å². The molecule has 0 amide bonds. The fraction of sp³-hybridized carbons (Fsp3) is 0.429. The molecule has 3 rings (SSSR count). The van der Waals surface area contributed by atoms with E-state index in [9.17, 15) is 15.2 Å². The lowest BCUT2D eigenvalue weighted by Crippen LogP contribution is -2.29. The van der Waals surface area contributed by atoms with Crippen LogP contribution in [0.15, 0.2) is 36.4 Å². The van der Waals surface area contributed by atoms with Crippen LogP contribution in [0.2, 0.25) is 0 Å². The number of likely N-dealkylation sites (N-methyl/N-ethyl adjacent to an activating group) is 1. The number of rotatable bonds is 5. The molecular formula is C21H27N3O4. The average molecular weight is 385 g/mol. The molecule has 150 valence electrons. The summed E-state index contributed by atoms with van der Waals surface area (Å²) in [7, 11) is 3.71. The van der Waals surface area contributed by atoms with E-state index in [2.05, 4.69) is 29.0 Å². The third-order valence-corrected chi connectivity index (χ3v) is 5.47. The minimum Gasteiger partial charge on any atom is -0.502 e. The van der Waals surface area contributed by atoms with Crippen LogP contribution in [-0.4, -0.2) is 53.6 Å². The van der Waals surface area contributed by atoms with Gasteiger partial charge >= 0.3 is 5.69 Å². The predicted molar refractivity (Wildman–Crippen MR) is 108 cm³/mol. The second-order valence-corrected chi connectivity index (χ2v) is 7.37. The molecule has 7 heteroatoms. The Morgan fingerprint density at radius 3 is 2.57 bits per heavy atom. The first kappa shape index (κ1) is 20.1. The third-order valence-electron chi connectivity index (χ3n) is 5.47. The maximum Gasteiger partial charge on any atom is 0.311 e. The van der Waals surface area contributed by atoms with Gasteiger partial charge in [0, 0.05) is 38.3 Å². The number of aryl methyl sites for hydroxylation is 1. The van der Waals surface area contributed by atoms with E-state index < -0.39 is 4.92 Å². The van der Waals surface area contributed by atoms with Crippen LogP contribution in [0.5, 0.6) is 11.5 Å². The number of hydrogen-bond acceptors (Lipinski definition) is 6. The van der Waals surface area contributed by atoms with Crippen molar-refractivity contribution < 1.29 is 14.8 Å². The fourth-order valence-electron chi connectivity index (χ4n) is 3.78. The molecule has 1 heterocycles. The molecule has 0 aliphatic carbocycles. The Morgan fingerprint density at radius 1 is 1.21 bits per heavy atom. The summed E-state index contributed by atoms with van der Waals surface area (Å²) >= 11 is 0. The van der Waals surface area contributed by atoms with Gasteiger partial charge in [-0.05, 0) is 49.2 Å². The fourth-order valence-corrected chi connectivity index (χ4v) is 3.78. The summed E-state index contributed by atoms with van der Waals surface area (Å²) in [5.74, 6) is 0.606. The van der Waals surface area contributed by atoms with Crippen molar-refractivity contribution in [3.8, 4) is 11.5 Å². The van der Waals surface area contributed by atoms with Crippen molar-refractivity contribution in [3.05, 3.63) is 63.2 Å². The molecule has 0 radical (unpaired) electrons. The van der Waals surface area contributed by atoms with Gasteiger partial charge in [0.15, 0.2) is 5.75 Å². The van der Waals surface area contributed by atoms with Crippen LogP contribution in [0.3, 0.4) is 0 Å². The minimum atomic E-state index is -0.515. The van der Waals surface area contributed by atoms with Crippen molar-refractivity contribution in [3.63, 3.8) is 0 Å². The Morgan fingerprint density at radius 2 is 1.93 bits per heavy atom. The molecule has 1 N–H and O–H groups in total. The summed E-state index contributed by atoms with van der Waals surface area (Å²) in [6.45, 7) is 5.26. The van der Waals surface area contributed by atoms with Crippen LogP contribution >= 0.6 is 0 Å². The second-order valence-electron chi connectivity index (χ2n) is 7.37. The molecule has 0 saturated carbocycles. The van der Waals surface area contributed by atoms with Gasteiger partial charge < -0.3 is 9.84 Å². The van der Waals surface area contributed by atoms with Crippen LogP contribution in [0.25, 0.3) is 0 Å². The Labute approximate surface area is 165 Å². The Balaban J connectivity index is 1.74. The summed E-state index contributed by atoms with van der Waals surface area (Å²) in [4.78, 5) is 15.4. The van der Waals surface area contributed by atoms with Gasteiger partial charge in [-0.25, -0.2) is 0 Å². The lowest BCUT2D eigenvalue weighted by molar-refractivity contribution is -0.386. The molecule has 7 nitrogen and oxygen atoms in total. The molecule has 1 fully saturated rings. The zero-order chi connectivity index (χ0) is 20.3. The largest absolute Gasteiger partial charge is 0.502 e. The lowest BCUT2D eigenvalue weighted by Gasteiger charge is -2.26. The van der Waals surface area contributed by atoms with E-state index >= 15 is 0 Å². The summed E-state index contributed by atoms with van der Waals surface area (Å²) in [6.07, 6.45) is 0.869. The number of aromatic hydroxyl groups is 1. The first-order valence-electron chi connectivity index (χ1n) is 9.42. The summed E-state index contributed by atoms with van der Waals surface area (Å²) < 4.78 is 5.21. The number of methoxy groups -OCH3 is 1. The van der Waals surface area contributed by atoms with Gasteiger partial charge in [-0.1, -0.05) is 18.2 Å². The van der Waals surface area contributed by atoms with Gasteiger partial charge in [0.1, 0.15) is 5.75 Å². The monoisotopic (exact) mass is 385 g/mol. The summed E-state index contributed by atoms with van der Waals surface area (Å²) in [5.41, 5.74) is 2.44. The number of phenols is 1. The highest BCUT2D eigenvalue weighted by atomic mass is 16.6. The van der Waals surface area contributed by atoms with Crippen molar-refractivity contribution in [2.24, 2.45) is 0 Å². The van der Waals surface area contributed by atoms with E-state index in [-0.39, 0.29) is 17.5 Å². The highest BCUT2D eigenvalue weighted by Gasteiger charge is 2.26. The van der Waals surface area contributed by atoms with Crippen LogP contribution in [0.4, 0.5) is 5.69 Å². The van der Waals surface area contributed by atoms with Crippen LogP contribution < -0.4 is 4.74 Å². The maximum absolute atomic E-state index is 11.3. The van der Waals surface area contributed by atoms with Gasteiger partial charge in [0.25, 0.3) is 0 Å². The highest BCUT2D eigenvalue weighted by molar-refractivity contribution is 5.53. The van der Waals surface area contributed by atoms with Crippen molar-refractivity contribution in [2.75, 3.05) is 33.8 Å². The number of hydrogen-bond donors (Lipinski definition) is 1. The molecule has 2 aromatic carbocycles. The molecule has 1 unspecified atom stereocenters. The molecule has 28 heavy (non-hydrogen) atoms. The molecule has 1 aliphatic heterocycles. The molecule has 1 atom stereocenters. The first-order chi connectivity index (χ1) is 13.4. The average Bonchev–Trinajstić information content (AvgIpc) is 2.86.